The van der Waals surface area contributed by atoms with E-state index in [1.165, 1.54) is 5.56 Å². The number of rotatable bonds is 5. The third-order valence-corrected chi connectivity index (χ3v) is 2.74. The molecule has 0 bridgehead atoms. The monoisotopic (exact) mass is 247 g/mol. The summed E-state index contributed by atoms with van der Waals surface area (Å²) < 4.78 is 0. The molecule has 0 saturated heterocycles. The molecule has 0 atom stereocenters. The Morgan fingerprint density at radius 2 is 1.78 bits per heavy atom. The van der Waals surface area contributed by atoms with Gasteiger partial charge in [-0.2, -0.15) is 0 Å². The Morgan fingerprint density at radius 1 is 1.22 bits per heavy atom. The summed E-state index contributed by atoms with van der Waals surface area (Å²) in [6.07, 6.45) is 2.69. The van der Waals surface area contributed by atoms with E-state index in [2.05, 4.69) is 13.8 Å². The number of hydrogen-bond acceptors (Lipinski definition) is 2. The van der Waals surface area contributed by atoms with Gasteiger partial charge in [-0.3, -0.25) is 10.1 Å². The van der Waals surface area contributed by atoms with E-state index in [4.69, 9.17) is 0 Å². The molecule has 18 heavy (non-hydrogen) atoms. The van der Waals surface area contributed by atoms with Crippen molar-refractivity contribution in [2.24, 2.45) is 11.8 Å². The Balaban J connectivity index is 2.91. The first-order valence-corrected chi connectivity index (χ1v) is 6.35. The zero-order valence-corrected chi connectivity index (χ0v) is 11.5. The van der Waals surface area contributed by atoms with Crippen LogP contribution in [-0.4, -0.2) is 4.92 Å². The smallest absolute Gasteiger partial charge is 0.249 e. The van der Waals surface area contributed by atoms with E-state index >= 15 is 0 Å². The minimum absolute atomic E-state index is 0.0738. The lowest BCUT2D eigenvalue weighted by atomic mass is 10.0. The molecule has 0 heterocycles. The summed E-state index contributed by atoms with van der Waals surface area (Å²) in [5.74, 6) is 0.548. The molecule has 98 valence electrons. The third kappa shape index (κ3) is 4.32. The molecule has 1 aromatic rings. The van der Waals surface area contributed by atoms with E-state index in [9.17, 15) is 10.1 Å². The molecule has 1 rings (SSSR count). The maximum absolute atomic E-state index is 10.9. The second-order valence-electron chi connectivity index (χ2n) is 5.32. The second-order valence-corrected chi connectivity index (χ2v) is 5.32. The first kappa shape index (κ1) is 14.4. The molecule has 0 aromatic heterocycles. The number of hydrogen-bond donors (Lipinski definition) is 0. The van der Waals surface area contributed by atoms with Crippen LogP contribution in [0, 0.1) is 22.0 Å². The van der Waals surface area contributed by atoms with Crippen LogP contribution in [0.4, 0.5) is 0 Å². The highest BCUT2D eigenvalue weighted by Gasteiger charge is 2.15. The predicted octanol–water partition coefficient (Wildman–Crippen LogP) is 4.16. The van der Waals surface area contributed by atoms with Crippen LogP contribution in [0.1, 0.15) is 38.8 Å². The topological polar surface area (TPSA) is 43.1 Å². The summed E-state index contributed by atoms with van der Waals surface area (Å²) in [4.78, 5) is 10.6. The molecular formula is C15H21NO2. The van der Waals surface area contributed by atoms with Gasteiger partial charge in [-0.05, 0) is 23.5 Å². The van der Waals surface area contributed by atoms with Gasteiger partial charge in [0.15, 0.2) is 0 Å². The summed E-state index contributed by atoms with van der Waals surface area (Å²) in [5, 5.41) is 10.9. The predicted molar refractivity (Wildman–Crippen MR) is 74.8 cm³/mol. The molecule has 0 aliphatic heterocycles. The first-order chi connectivity index (χ1) is 8.40. The van der Waals surface area contributed by atoms with Crippen LogP contribution in [0.25, 0.3) is 6.08 Å². The van der Waals surface area contributed by atoms with Crippen molar-refractivity contribution in [3.05, 3.63) is 51.2 Å². The van der Waals surface area contributed by atoms with E-state index in [0.717, 1.165) is 12.0 Å². The van der Waals surface area contributed by atoms with Gasteiger partial charge in [0.25, 0.3) is 0 Å². The van der Waals surface area contributed by atoms with Gasteiger partial charge >= 0.3 is 0 Å². The van der Waals surface area contributed by atoms with Crippen molar-refractivity contribution in [2.45, 2.75) is 34.1 Å². The van der Waals surface area contributed by atoms with Crippen LogP contribution in [-0.2, 0) is 6.42 Å². The minimum Gasteiger partial charge on any atom is -0.259 e. The van der Waals surface area contributed by atoms with Crippen LogP contribution >= 0.6 is 0 Å². The van der Waals surface area contributed by atoms with Crippen molar-refractivity contribution >= 4 is 6.08 Å². The van der Waals surface area contributed by atoms with Gasteiger partial charge < -0.3 is 0 Å². The van der Waals surface area contributed by atoms with E-state index < -0.39 is 0 Å². The van der Waals surface area contributed by atoms with Gasteiger partial charge in [0.2, 0.25) is 5.70 Å². The van der Waals surface area contributed by atoms with Gasteiger partial charge in [-0.15, -0.1) is 0 Å². The van der Waals surface area contributed by atoms with E-state index in [-0.39, 0.29) is 16.5 Å². The summed E-state index contributed by atoms with van der Waals surface area (Å²) >= 11 is 0. The molecule has 0 radical (unpaired) electrons. The fourth-order valence-electron chi connectivity index (χ4n) is 1.82. The van der Waals surface area contributed by atoms with E-state index in [1.54, 1.807) is 6.08 Å². The zero-order chi connectivity index (χ0) is 13.7. The normalized spacial score (nSPS) is 12.2. The molecule has 0 aliphatic carbocycles. The van der Waals surface area contributed by atoms with Crippen LogP contribution in [0.3, 0.4) is 0 Å². The molecule has 0 spiro atoms. The zero-order valence-electron chi connectivity index (χ0n) is 11.5. The lowest BCUT2D eigenvalue weighted by molar-refractivity contribution is -0.431. The minimum atomic E-state index is -0.299. The van der Waals surface area contributed by atoms with E-state index in [1.807, 2.05) is 38.1 Å². The van der Waals surface area contributed by atoms with Crippen LogP contribution in [0.2, 0.25) is 0 Å². The Hall–Kier alpha value is -1.64. The summed E-state index contributed by atoms with van der Waals surface area (Å²) in [7, 11) is 0. The summed E-state index contributed by atoms with van der Waals surface area (Å²) in [6.45, 7) is 8.03. The highest BCUT2D eigenvalue weighted by Crippen LogP contribution is 2.16. The Labute approximate surface area is 109 Å². The molecule has 1 aromatic carbocycles. The van der Waals surface area contributed by atoms with Gasteiger partial charge in [-0.1, -0.05) is 52.0 Å². The Bertz CT molecular complexity index is 430. The van der Waals surface area contributed by atoms with Gasteiger partial charge in [0.05, 0.1) is 4.92 Å². The van der Waals surface area contributed by atoms with Crippen LogP contribution in [0.15, 0.2) is 30.0 Å². The summed E-state index contributed by atoms with van der Waals surface area (Å²) in [6, 6.07) is 7.99. The summed E-state index contributed by atoms with van der Waals surface area (Å²) in [5.41, 5.74) is 2.42. The lowest BCUT2D eigenvalue weighted by Crippen LogP contribution is -2.05. The fraction of sp³-hybridized carbons (Fsp3) is 0.467. The van der Waals surface area contributed by atoms with Crippen LogP contribution in [0.5, 0.6) is 0 Å². The second kappa shape index (κ2) is 6.34. The molecule has 0 fully saturated rings. The number of nitro groups is 1. The van der Waals surface area contributed by atoms with Gasteiger partial charge in [0, 0.05) is 12.0 Å². The maximum atomic E-state index is 10.9. The SMILES string of the molecule is CC(C)Cc1ccc(/C=C(/C(C)C)[N+](=O)[O-])cc1. The highest BCUT2D eigenvalue weighted by atomic mass is 16.6. The van der Waals surface area contributed by atoms with Crippen molar-refractivity contribution in [2.75, 3.05) is 0 Å². The molecule has 0 saturated carbocycles. The van der Waals surface area contributed by atoms with Crippen molar-refractivity contribution in [1.82, 2.24) is 0 Å². The number of nitrogens with zero attached hydrogens (tertiary/aromatic N) is 1. The van der Waals surface area contributed by atoms with Crippen molar-refractivity contribution in [1.29, 1.82) is 0 Å². The van der Waals surface area contributed by atoms with E-state index in [0.29, 0.717) is 5.92 Å². The molecule has 0 unspecified atom stereocenters. The van der Waals surface area contributed by atoms with Gasteiger partial charge in [0.1, 0.15) is 0 Å². The lowest BCUT2D eigenvalue weighted by Gasteiger charge is -2.05. The van der Waals surface area contributed by atoms with Crippen molar-refractivity contribution in [3.8, 4) is 0 Å². The molecule has 3 heteroatoms. The number of benzene rings is 1. The molecule has 0 N–H and O–H groups in total. The average molecular weight is 247 g/mol. The Morgan fingerprint density at radius 3 is 2.17 bits per heavy atom. The Kier molecular flexibility index (Phi) is 5.08. The van der Waals surface area contributed by atoms with Gasteiger partial charge in [-0.25, -0.2) is 0 Å². The molecule has 0 aliphatic rings. The number of allylic oxidation sites excluding steroid dienone is 1. The van der Waals surface area contributed by atoms with Crippen molar-refractivity contribution in [3.63, 3.8) is 0 Å². The molecule has 0 amide bonds. The van der Waals surface area contributed by atoms with Crippen LogP contribution < -0.4 is 0 Å². The molecule has 3 nitrogen and oxygen atoms in total. The maximum Gasteiger partial charge on any atom is 0.249 e. The largest absolute Gasteiger partial charge is 0.259 e. The standard InChI is InChI=1S/C15H21NO2/c1-11(2)9-13-5-7-14(8-6-13)10-15(12(3)4)16(17)18/h5-8,10-12H,9H2,1-4H3/b15-10-. The third-order valence-electron chi connectivity index (χ3n) is 2.74. The molecular weight excluding hydrogens is 226 g/mol. The fourth-order valence-corrected chi connectivity index (χ4v) is 1.82. The quantitative estimate of drug-likeness (QED) is 0.579. The van der Waals surface area contributed by atoms with Crippen molar-refractivity contribution < 1.29 is 4.92 Å². The first-order valence-electron chi connectivity index (χ1n) is 6.35. The average Bonchev–Trinajstić information content (AvgIpc) is 2.26. The highest BCUT2D eigenvalue weighted by molar-refractivity contribution is 5.51.